The first-order valence-electron chi connectivity index (χ1n) is 6.13. The molecule has 0 atom stereocenters. The van der Waals surface area contributed by atoms with E-state index in [1.54, 1.807) is 18.2 Å². The zero-order chi connectivity index (χ0) is 14.7. The van der Waals surface area contributed by atoms with Gasteiger partial charge in [-0.2, -0.15) is 0 Å². The second-order valence-electron chi connectivity index (χ2n) is 4.52. The number of Topliss-reactive ketones (excluding diaryl/α,β-unsaturated/α-hetero) is 1. The Kier molecular flexibility index (Phi) is 4.13. The van der Waals surface area contributed by atoms with Crippen molar-refractivity contribution < 1.29 is 18.3 Å². The lowest BCUT2D eigenvalue weighted by Crippen LogP contribution is -2.08. The molecule has 2 rings (SSSR count). The van der Waals surface area contributed by atoms with Crippen LogP contribution in [0.25, 0.3) is 0 Å². The first kappa shape index (κ1) is 14.2. The number of rotatable bonds is 4. The van der Waals surface area contributed by atoms with Crippen LogP contribution in [0.4, 0.5) is 8.78 Å². The summed E-state index contributed by atoms with van der Waals surface area (Å²) in [5.74, 6) is -1.81. The molecule has 2 aromatic rings. The largest absolute Gasteiger partial charge is 0.496 e. The molecule has 0 aliphatic rings. The van der Waals surface area contributed by atoms with Gasteiger partial charge < -0.3 is 4.74 Å². The fourth-order valence-electron chi connectivity index (χ4n) is 1.98. The quantitative estimate of drug-likeness (QED) is 0.796. The minimum Gasteiger partial charge on any atom is -0.496 e. The highest BCUT2D eigenvalue weighted by Gasteiger charge is 2.16. The van der Waals surface area contributed by atoms with Gasteiger partial charge in [-0.05, 0) is 36.2 Å². The summed E-state index contributed by atoms with van der Waals surface area (Å²) >= 11 is 0. The van der Waals surface area contributed by atoms with Crippen molar-refractivity contribution in [3.63, 3.8) is 0 Å². The van der Waals surface area contributed by atoms with Crippen molar-refractivity contribution in [3.8, 4) is 5.75 Å². The molecular formula is C16H14F2O2. The maximum Gasteiger partial charge on any atom is 0.171 e. The third-order valence-electron chi connectivity index (χ3n) is 3.04. The Hall–Kier alpha value is -2.23. The Bertz CT molecular complexity index is 651. The zero-order valence-electron chi connectivity index (χ0n) is 11.2. The molecule has 0 aromatic heterocycles. The molecule has 20 heavy (non-hydrogen) atoms. The van der Waals surface area contributed by atoms with Gasteiger partial charge in [-0.25, -0.2) is 8.78 Å². The van der Waals surface area contributed by atoms with Gasteiger partial charge in [-0.1, -0.05) is 18.2 Å². The van der Waals surface area contributed by atoms with Crippen molar-refractivity contribution in [1.29, 1.82) is 0 Å². The molecule has 0 N–H and O–H groups in total. The number of benzene rings is 2. The van der Waals surface area contributed by atoms with Gasteiger partial charge >= 0.3 is 0 Å². The molecule has 0 saturated heterocycles. The molecule has 4 heteroatoms. The van der Waals surface area contributed by atoms with Crippen LogP contribution in [0.3, 0.4) is 0 Å². The Morgan fingerprint density at radius 3 is 2.65 bits per heavy atom. The van der Waals surface area contributed by atoms with Gasteiger partial charge in [0.25, 0.3) is 0 Å². The Balaban J connectivity index is 2.31. The average molecular weight is 276 g/mol. The number of carbonyl (C=O) groups is 1. The van der Waals surface area contributed by atoms with Crippen LogP contribution in [0, 0.1) is 18.6 Å². The molecule has 2 nitrogen and oxygen atoms in total. The molecule has 0 saturated carbocycles. The number of carbonyl (C=O) groups excluding carboxylic acids is 1. The van der Waals surface area contributed by atoms with Gasteiger partial charge in [0.1, 0.15) is 5.75 Å². The van der Waals surface area contributed by atoms with Crippen molar-refractivity contribution >= 4 is 5.78 Å². The summed E-state index contributed by atoms with van der Waals surface area (Å²) in [6.45, 7) is 1.88. The van der Waals surface area contributed by atoms with E-state index in [0.717, 1.165) is 11.6 Å². The number of hydrogen-bond acceptors (Lipinski definition) is 2. The monoisotopic (exact) mass is 276 g/mol. The minimum absolute atomic E-state index is 0.0395. The summed E-state index contributed by atoms with van der Waals surface area (Å²) in [6.07, 6.45) is -0.205. The maximum absolute atomic E-state index is 13.6. The second kappa shape index (κ2) is 5.82. The van der Waals surface area contributed by atoms with Gasteiger partial charge in [0.15, 0.2) is 17.4 Å². The van der Waals surface area contributed by atoms with Crippen molar-refractivity contribution in [2.75, 3.05) is 7.11 Å². The summed E-state index contributed by atoms with van der Waals surface area (Å²) < 4.78 is 31.8. The fourth-order valence-corrected chi connectivity index (χ4v) is 1.98. The highest BCUT2D eigenvalue weighted by Crippen LogP contribution is 2.22. The second-order valence-corrected chi connectivity index (χ2v) is 4.52. The van der Waals surface area contributed by atoms with E-state index in [9.17, 15) is 13.6 Å². The zero-order valence-corrected chi connectivity index (χ0v) is 11.2. The van der Waals surface area contributed by atoms with Gasteiger partial charge in [-0.15, -0.1) is 0 Å². The summed E-state index contributed by atoms with van der Waals surface area (Å²) in [5.41, 5.74) is 1.36. The lowest BCUT2D eigenvalue weighted by atomic mass is 10.0. The number of methoxy groups -OCH3 is 1. The Labute approximate surface area is 116 Å². The van der Waals surface area contributed by atoms with Gasteiger partial charge in [0.2, 0.25) is 0 Å². The van der Waals surface area contributed by atoms with Crippen LogP contribution in [0.15, 0.2) is 36.4 Å². The van der Waals surface area contributed by atoms with Crippen molar-refractivity contribution in [3.05, 3.63) is 64.7 Å². The molecule has 0 aliphatic heterocycles. The van der Waals surface area contributed by atoms with E-state index in [1.807, 2.05) is 6.92 Å². The molecule has 2 aromatic carbocycles. The van der Waals surface area contributed by atoms with Crippen LogP contribution < -0.4 is 4.74 Å². The first-order chi connectivity index (χ1) is 9.52. The van der Waals surface area contributed by atoms with Crippen LogP contribution >= 0.6 is 0 Å². The van der Waals surface area contributed by atoms with E-state index in [0.29, 0.717) is 11.3 Å². The molecule has 0 amide bonds. The standard InChI is InChI=1S/C16H14F2O2/c1-10-6-7-12(15(8-10)20-2)14(19)9-11-4-3-5-13(17)16(11)18/h3-8H,9H2,1-2H3. The fraction of sp³-hybridized carbons (Fsp3) is 0.188. The molecule has 0 bridgehead atoms. The highest BCUT2D eigenvalue weighted by atomic mass is 19.2. The summed E-state index contributed by atoms with van der Waals surface area (Å²) in [5, 5.41) is 0. The SMILES string of the molecule is COc1cc(C)ccc1C(=O)Cc1cccc(F)c1F. The minimum atomic E-state index is -0.980. The Morgan fingerprint density at radius 1 is 1.20 bits per heavy atom. The van der Waals surface area contributed by atoms with Crippen LogP contribution in [0.2, 0.25) is 0 Å². The van der Waals surface area contributed by atoms with E-state index in [1.165, 1.54) is 19.2 Å². The average Bonchev–Trinajstić information content (AvgIpc) is 2.43. The van der Waals surface area contributed by atoms with E-state index in [-0.39, 0.29) is 17.8 Å². The van der Waals surface area contributed by atoms with Gasteiger partial charge in [0.05, 0.1) is 12.7 Å². The van der Waals surface area contributed by atoms with Crippen LogP contribution in [0.1, 0.15) is 21.5 Å². The van der Waals surface area contributed by atoms with Crippen LogP contribution in [0.5, 0.6) is 5.75 Å². The highest BCUT2D eigenvalue weighted by molar-refractivity contribution is 6.00. The molecule has 0 fully saturated rings. The number of ketones is 1. The molecule has 0 aliphatic carbocycles. The number of halogens is 2. The van der Waals surface area contributed by atoms with E-state index in [2.05, 4.69) is 0 Å². The van der Waals surface area contributed by atoms with Crippen molar-refractivity contribution in [1.82, 2.24) is 0 Å². The van der Waals surface area contributed by atoms with E-state index in [4.69, 9.17) is 4.74 Å². The van der Waals surface area contributed by atoms with Crippen molar-refractivity contribution in [2.45, 2.75) is 13.3 Å². The number of ether oxygens (including phenoxy) is 1. The summed E-state index contributed by atoms with van der Waals surface area (Å²) in [4.78, 5) is 12.2. The van der Waals surface area contributed by atoms with Crippen LogP contribution in [-0.4, -0.2) is 12.9 Å². The smallest absolute Gasteiger partial charge is 0.171 e. The number of hydrogen-bond donors (Lipinski definition) is 0. The maximum atomic E-state index is 13.6. The normalized spacial score (nSPS) is 10.4. The van der Waals surface area contributed by atoms with Gasteiger partial charge in [0, 0.05) is 6.42 Å². The van der Waals surface area contributed by atoms with E-state index >= 15 is 0 Å². The predicted octanol–water partition coefficient (Wildman–Crippen LogP) is 3.71. The molecule has 0 unspecified atom stereocenters. The summed E-state index contributed by atoms with van der Waals surface area (Å²) in [7, 11) is 1.47. The third-order valence-corrected chi connectivity index (χ3v) is 3.04. The molecule has 0 spiro atoms. The predicted molar refractivity (Wildman–Crippen MR) is 72.1 cm³/mol. The first-order valence-corrected chi connectivity index (χ1v) is 6.13. The molecular weight excluding hydrogens is 262 g/mol. The molecule has 0 heterocycles. The van der Waals surface area contributed by atoms with Crippen LogP contribution in [-0.2, 0) is 6.42 Å². The van der Waals surface area contributed by atoms with Crippen molar-refractivity contribution in [2.24, 2.45) is 0 Å². The summed E-state index contributed by atoms with van der Waals surface area (Å²) in [6, 6.07) is 8.95. The number of aryl methyl sites for hydroxylation is 1. The Morgan fingerprint density at radius 2 is 1.95 bits per heavy atom. The molecule has 0 radical (unpaired) electrons. The topological polar surface area (TPSA) is 26.3 Å². The van der Waals surface area contributed by atoms with E-state index < -0.39 is 11.6 Å². The molecule has 104 valence electrons. The third kappa shape index (κ3) is 2.85. The van der Waals surface area contributed by atoms with Gasteiger partial charge in [-0.3, -0.25) is 4.79 Å². The lowest BCUT2D eigenvalue weighted by molar-refractivity contribution is 0.0988. The lowest BCUT2D eigenvalue weighted by Gasteiger charge is -2.09.